The van der Waals surface area contributed by atoms with E-state index in [2.05, 4.69) is 5.32 Å². The summed E-state index contributed by atoms with van der Waals surface area (Å²) in [6.07, 6.45) is 0.215. The number of halogens is 3. The number of hydrogen-bond acceptors (Lipinski definition) is 4. The van der Waals surface area contributed by atoms with Gasteiger partial charge >= 0.3 is 0 Å². The van der Waals surface area contributed by atoms with Crippen LogP contribution in [0.3, 0.4) is 0 Å². The molecule has 7 nitrogen and oxygen atoms in total. The molecule has 0 fully saturated rings. The van der Waals surface area contributed by atoms with Crippen LogP contribution in [0.15, 0.2) is 108 Å². The van der Waals surface area contributed by atoms with Crippen molar-refractivity contribution in [2.75, 3.05) is 17.4 Å². The van der Waals surface area contributed by atoms with Crippen LogP contribution in [-0.4, -0.2) is 44.3 Å². The minimum absolute atomic E-state index is 0.0367. The van der Waals surface area contributed by atoms with E-state index >= 15 is 0 Å². The van der Waals surface area contributed by atoms with Crippen molar-refractivity contribution in [1.82, 2.24) is 10.2 Å². The summed E-state index contributed by atoms with van der Waals surface area (Å²) in [6, 6.07) is 27.2. The van der Waals surface area contributed by atoms with E-state index in [-0.39, 0.29) is 29.5 Å². The van der Waals surface area contributed by atoms with Crippen LogP contribution in [-0.2, 0) is 32.6 Å². The molecule has 0 saturated carbocycles. The number of anilines is 1. The van der Waals surface area contributed by atoms with Gasteiger partial charge in [-0.3, -0.25) is 13.9 Å². The van der Waals surface area contributed by atoms with Gasteiger partial charge in [0.15, 0.2) is 0 Å². The smallest absolute Gasteiger partial charge is 0.264 e. The number of nitrogens with one attached hydrogen (secondary N) is 1. The maximum absolute atomic E-state index is 14.3. The Morgan fingerprint density at radius 3 is 2.00 bits per heavy atom. The lowest BCUT2D eigenvalue weighted by molar-refractivity contribution is -0.140. The van der Waals surface area contributed by atoms with Gasteiger partial charge in [-0.15, -0.1) is 0 Å². The number of rotatable bonds is 12. The van der Waals surface area contributed by atoms with E-state index in [0.29, 0.717) is 21.6 Å². The van der Waals surface area contributed by atoms with Gasteiger partial charge in [0.2, 0.25) is 11.8 Å². The first-order valence-electron chi connectivity index (χ1n) is 13.5. The standard InChI is InChI=1S/C32H30Cl3N3O4S/c1-2-36-32(40)30(19-23-7-4-3-5-8-23)37(21-24-11-13-25(33)14-12-24)31(39)22-38(28-10-6-9-27(35)20-28)43(41,42)29-17-15-26(34)16-18-29/h3-18,20,30H,2,19,21-22H2,1H3,(H,36,40)/t30-/m0/s1. The van der Waals surface area contributed by atoms with Crippen LogP contribution in [0.2, 0.25) is 15.1 Å². The molecule has 43 heavy (non-hydrogen) atoms. The Kier molecular flexibility index (Phi) is 11.1. The minimum atomic E-state index is -4.26. The molecule has 0 aliphatic heterocycles. The van der Waals surface area contributed by atoms with Gasteiger partial charge in [0.25, 0.3) is 10.0 Å². The first-order valence-corrected chi connectivity index (χ1v) is 16.1. The van der Waals surface area contributed by atoms with E-state index in [0.717, 1.165) is 15.4 Å². The molecule has 0 aromatic heterocycles. The highest BCUT2D eigenvalue weighted by atomic mass is 35.5. The third-order valence-corrected chi connectivity index (χ3v) is 9.19. The number of sulfonamides is 1. The third kappa shape index (κ3) is 8.51. The molecule has 1 N–H and O–H groups in total. The second kappa shape index (κ2) is 14.8. The van der Waals surface area contributed by atoms with Crippen LogP contribution >= 0.6 is 34.8 Å². The predicted molar refractivity (Wildman–Crippen MR) is 172 cm³/mol. The Labute approximate surface area is 267 Å². The molecule has 4 aromatic carbocycles. The van der Waals surface area contributed by atoms with E-state index < -0.39 is 28.5 Å². The topological polar surface area (TPSA) is 86.8 Å². The van der Waals surface area contributed by atoms with Crippen LogP contribution in [0.5, 0.6) is 0 Å². The van der Waals surface area contributed by atoms with Crippen LogP contribution in [0.1, 0.15) is 18.1 Å². The second-order valence-electron chi connectivity index (χ2n) is 9.69. The predicted octanol–water partition coefficient (Wildman–Crippen LogP) is 6.62. The zero-order valence-electron chi connectivity index (χ0n) is 23.3. The number of benzene rings is 4. The van der Waals surface area contributed by atoms with E-state index in [9.17, 15) is 18.0 Å². The van der Waals surface area contributed by atoms with Crippen molar-refractivity contribution < 1.29 is 18.0 Å². The first kappa shape index (κ1) is 32.4. The minimum Gasteiger partial charge on any atom is -0.355 e. The normalized spacial score (nSPS) is 11.9. The number of likely N-dealkylation sites (N-methyl/N-ethyl adjacent to an activating group) is 1. The van der Waals surface area contributed by atoms with Crippen molar-refractivity contribution in [1.29, 1.82) is 0 Å². The zero-order valence-corrected chi connectivity index (χ0v) is 26.4. The molecule has 224 valence electrons. The molecule has 0 unspecified atom stereocenters. The molecular formula is C32H30Cl3N3O4S. The zero-order chi connectivity index (χ0) is 31.0. The average Bonchev–Trinajstić information content (AvgIpc) is 2.99. The summed E-state index contributed by atoms with van der Waals surface area (Å²) in [7, 11) is -4.26. The Morgan fingerprint density at radius 2 is 1.40 bits per heavy atom. The average molecular weight is 659 g/mol. The lowest BCUT2D eigenvalue weighted by Gasteiger charge is -2.34. The number of carbonyl (C=O) groups is 2. The number of amides is 2. The summed E-state index contributed by atoms with van der Waals surface area (Å²) in [5, 5.41) is 4.01. The van der Waals surface area contributed by atoms with Crippen LogP contribution in [0.25, 0.3) is 0 Å². The van der Waals surface area contributed by atoms with E-state index in [1.165, 1.54) is 35.2 Å². The lowest BCUT2D eigenvalue weighted by atomic mass is 10.0. The summed E-state index contributed by atoms with van der Waals surface area (Å²) in [6.45, 7) is 1.59. The Bertz CT molecular complexity index is 1650. The van der Waals surface area contributed by atoms with Crippen molar-refractivity contribution in [2.24, 2.45) is 0 Å². The van der Waals surface area contributed by atoms with Crippen molar-refractivity contribution in [2.45, 2.75) is 30.8 Å². The summed E-state index contributed by atoms with van der Waals surface area (Å²) in [5.41, 5.74) is 1.75. The molecule has 0 radical (unpaired) electrons. The molecule has 2 amide bonds. The van der Waals surface area contributed by atoms with Crippen molar-refractivity contribution in [3.05, 3.63) is 129 Å². The Morgan fingerprint density at radius 1 is 0.767 bits per heavy atom. The molecule has 0 saturated heterocycles. The first-order chi connectivity index (χ1) is 20.6. The summed E-state index contributed by atoms with van der Waals surface area (Å²) >= 11 is 18.4. The summed E-state index contributed by atoms with van der Waals surface area (Å²) < 4.78 is 29.0. The van der Waals surface area contributed by atoms with Gasteiger partial charge in [-0.2, -0.15) is 0 Å². The Balaban J connectivity index is 1.79. The SMILES string of the molecule is CCNC(=O)[C@H](Cc1ccccc1)N(Cc1ccc(Cl)cc1)C(=O)CN(c1cccc(Cl)c1)S(=O)(=O)c1ccc(Cl)cc1. The monoisotopic (exact) mass is 657 g/mol. The maximum atomic E-state index is 14.3. The fourth-order valence-electron chi connectivity index (χ4n) is 4.53. The molecule has 11 heteroatoms. The highest BCUT2D eigenvalue weighted by Gasteiger charge is 2.34. The summed E-state index contributed by atoms with van der Waals surface area (Å²) in [4.78, 5) is 29.2. The van der Waals surface area contributed by atoms with Crippen molar-refractivity contribution in [3.63, 3.8) is 0 Å². The van der Waals surface area contributed by atoms with Crippen molar-refractivity contribution >= 4 is 62.3 Å². The molecule has 1 atom stereocenters. The highest BCUT2D eigenvalue weighted by molar-refractivity contribution is 7.92. The van der Waals surface area contributed by atoms with Gasteiger partial charge < -0.3 is 10.2 Å². The van der Waals surface area contributed by atoms with Gasteiger partial charge in [0.05, 0.1) is 10.6 Å². The van der Waals surface area contributed by atoms with E-state index in [1.807, 2.05) is 30.3 Å². The third-order valence-electron chi connectivity index (χ3n) is 6.66. The van der Waals surface area contributed by atoms with Gasteiger partial charge in [-0.25, -0.2) is 8.42 Å². The van der Waals surface area contributed by atoms with Crippen LogP contribution in [0.4, 0.5) is 5.69 Å². The van der Waals surface area contributed by atoms with Crippen molar-refractivity contribution in [3.8, 4) is 0 Å². The molecule has 4 rings (SSSR count). The van der Waals surface area contributed by atoms with Gasteiger partial charge in [-0.1, -0.05) is 83.3 Å². The molecule has 0 heterocycles. The molecule has 4 aromatic rings. The molecular weight excluding hydrogens is 629 g/mol. The van der Waals surface area contributed by atoms with Crippen LogP contribution in [0, 0.1) is 0 Å². The number of carbonyl (C=O) groups excluding carboxylic acids is 2. The van der Waals surface area contributed by atoms with Crippen LogP contribution < -0.4 is 9.62 Å². The molecule has 0 aliphatic carbocycles. The highest BCUT2D eigenvalue weighted by Crippen LogP contribution is 2.28. The largest absolute Gasteiger partial charge is 0.355 e. The number of hydrogen-bond donors (Lipinski definition) is 1. The molecule has 0 bridgehead atoms. The molecule has 0 aliphatic rings. The van der Waals surface area contributed by atoms with Gasteiger partial charge in [-0.05, 0) is 72.6 Å². The molecule has 0 spiro atoms. The van der Waals surface area contributed by atoms with E-state index in [1.54, 1.807) is 49.4 Å². The quantitative estimate of drug-likeness (QED) is 0.185. The fourth-order valence-corrected chi connectivity index (χ4v) is 6.37. The lowest BCUT2D eigenvalue weighted by Crippen LogP contribution is -2.53. The summed E-state index contributed by atoms with van der Waals surface area (Å²) in [5.74, 6) is -0.942. The number of nitrogens with zero attached hydrogens (tertiary/aromatic N) is 2. The Hall–Kier alpha value is -3.56. The second-order valence-corrected chi connectivity index (χ2v) is 12.9. The maximum Gasteiger partial charge on any atom is 0.264 e. The van der Waals surface area contributed by atoms with Gasteiger partial charge in [0, 0.05) is 34.6 Å². The van der Waals surface area contributed by atoms with Gasteiger partial charge in [0.1, 0.15) is 12.6 Å². The fraction of sp³-hybridized carbons (Fsp3) is 0.188. The van der Waals surface area contributed by atoms with E-state index in [4.69, 9.17) is 34.8 Å².